The second kappa shape index (κ2) is 5.50. The van der Waals surface area contributed by atoms with E-state index in [2.05, 4.69) is 22.2 Å². The van der Waals surface area contributed by atoms with Crippen molar-refractivity contribution in [3.63, 3.8) is 0 Å². The molecule has 88 valence electrons. The summed E-state index contributed by atoms with van der Waals surface area (Å²) in [5, 5.41) is 3.07. The van der Waals surface area contributed by atoms with Crippen molar-refractivity contribution in [3.8, 4) is 0 Å². The number of nitrogens with zero attached hydrogens (tertiary/aromatic N) is 2. The molecule has 5 heteroatoms. The first kappa shape index (κ1) is 11.7. The van der Waals surface area contributed by atoms with Gasteiger partial charge >= 0.3 is 0 Å². The fourth-order valence-electron chi connectivity index (χ4n) is 1.61. The number of aryl methyl sites for hydroxylation is 1. The quantitative estimate of drug-likeness (QED) is 0.872. The summed E-state index contributed by atoms with van der Waals surface area (Å²) in [6.07, 6.45) is 0.974. The highest BCUT2D eigenvalue weighted by molar-refractivity contribution is 7.99. The Morgan fingerprint density at radius 2 is 2.44 bits per heavy atom. The number of rotatable bonds is 3. The molecule has 1 aromatic heterocycles. The standard InChI is InChI=1S/C11H17N3OS/c1-3-8-6-10(12-2)14-11(13-8)9-7-16-5-4-15-9/h6,9H,3-5,7H2,1-2H3,(H,12,13,14). The van der Waals surface area contributed by atoms with Crippen LogP contribution in [0.5, 0.6) is 0 Å². The maximum absolute atomic E-state index is 5.69. The normalized spacial score (nSPS) is 20.8. The predicted molar refractivity (Wildman–Crippen MR) is 67.0 cm³/mol. The van der Waals surface area contributed by atoms with Crippen molar-refractivity contribution < 1.29 is 4.74 Å². The van der Waals surface area contributed by atoms with Crippen LogP contribution in [0, 0.1) is 0 Å². The molecule has 1 fully saturated rings. The van der Waals surface area contributed by atoms with Gasteiger partial charge in [-0.05, 0) is 6.42 Å². The van der Waals surface area contributed by atoms with E-state index in [4.69, 9.17) is 4.74 Å². The number of ether oxygens (including phenoxy) is 1. The van der Waals surface area contributed by atoms with E-state index in [1.807, 2.05) is 24.9 Å². The van der Waals surface area contributed by atoms with Gasteiger partial charge in [-0.15, -0.1) is 0 Å². The van der Waals surface area contributed by atoms with Crippen LogP contribution in [0.4, 0.5) is 5.82 Å². The third-order valence-electron chi connectivity index (χ3n) is 2.52. The summed E-state index contributed by atoms with van der Waals surface area (Å²) in [6, 6.07) is 1.99. The minimum Gasteiger partial charge on any atom is -0.373 e. The Kier molecular flexibility index (Phi) is 4.01. The minimum absolute atomic E-state index is 0.0531. The largest absolute Gasteiger partial charge is 0.373 e. The van der Waals surface area contributed by atoms with Crippen molar-refractivity contribution in [2.75, 3.05) is 30.5 Å². The molecule has 0 aliphatic carbocycles. The van der Waals surface area contributed by atoms with Crippen molar-refractivity contribution >= 4 is 17.6 Å². The van der Waals surface area contributed by atoms with Gasteiger partial charge in [-0.25, -0.2) is 9.97 Å². The summed E-state index contributed by atoms with van der Waals surface area (Å²) in [5.41, 5.74) is 1.06. The van der Waals surface area contributed by atoms with E-state index in [1.165, 1.54) is 0 Å². The Hall–Kier alpha value is -0.810. The highest BCUT2D eigenvalue weighted by Crippen LogP contribution is 2.25. The zero-order valence-corrected chi connectivity index (χ0v) is 10.5. The second-order valence-electron chi connectivity index (χ2n) is 3.64. The Bertz CT molecular complexity index is 331. The number of hydrogen-bond acceptors (Lipinski definition) is 5. The zero-order valence-electron chi connectivity index (χ0n) is 9.69. The molecule has 1 unspecified atom stereocenters. The molecule has 1 aromatic rings. The lowest BCUT2D eigenvalue weighted by Crippen LogP contribution is -2.19. The van der Waals surface area contributed by atoms with Gasteiger partial charge in [-0.2, -0.15) is 11.8 Å². The van der Waals surface area contributed by atoms with Crippen LogP contribution in [0.1, 0.15) is 24.5 Å². The fraction of sp³-hybridized carbons (Fsp3) is 0.636. The number of aromatic nitrogens is 2. The molecule has 2 heterocycles. The van der Waals surface area contributed by atoms with Gasteiger partial charge in [0.05, 0.1) is 6.61 Å². The Labute approximate surface area is 100 Å². The summed E-state index contributed by atoms with van der Waals surface area (Å²) in [5.74, 6) is 3.72. The van der Waals surface area contributed by atoms with Crippen LogP contribution in [-0.4, -0.2) is 35.1 Å². The highest BCUT2D eigenvalue weighted by atomic mass is 32.2. The number of nitrogens with one attached hydrogen (secondary N) is 1. The molecule has 0 aromatic carbocycles. The number of thioether (sulfide) groups is 1. The van der Waals surface area contributed by atoms with Crippen molar-refractivity contribution in [1.29, 1.82) is 0 Å². The molecule has 0 spiro atoms. The third-order valence-corrected chi connectivity index (χ3v) is 3.51. The first-order chi connectivity index (χ1) is 7.83. The van der Waals surface area contributed by atoms with Crippen molar-refractivity contribution in [1.82, 2.24) is 9.97 Å². The van der Waals surface area contributed by atoms with E-state index in [0.717, 1.165) is 41.9 Å². The molecule has 16 heavy (non-hydrogen) atoms. The van der Waals surface area contributed by atoms with Gasteiger partial charge in [0, 0.05) is 30.3 Å². The summed E-state index contributed by atoms with van der Waals surface area (Å²) in [6.45, 7) is 2.89. The molecule has 1 aliphatic rings. The lowest BCUT2D eigenvalue weighted by atomic mass is 10.3. The van der Waals surface area contributed by atoms with E-state index in [0.29, 0.717) is 0 Å². The Morgan fingerprint density at radius 1 is 1.56 bits per heavy atom. The molecule has 1 aliphatic heterocycles. The van der Waals surface area contributed by atoms with Crippen molar-refractivity contribution in [2.45, 2.75) is 19.4 Å². The maximum atomic E-state index is 5.69. The van der Waals surface area contributed by atoms with Crippen LogP contribution in [-0.2, 0) is 11.2 Å². The van der Waals surface area contributed by atoms with E-state index in [-0.39, 0.29) is 6.10 Å². The van der Waals surface area contributed by atoms with Gasteiger partial charge < -0.3 is 10.1 Å². The van der Waals surface area contributed by atoms with Crippen LogP contribution >= 0.6 is 11.8 Å². The van der Waals surface area contributed by atoms with E-state index >= 15 is 0 Å². The average Bonchev–Trinajstić information content (AvgIpc) is 2.39. The molecule has 2 rings (SSSR count). The molecule has 1 atom stereocenters. The van der Waals surface area contributed by atoms with Gasteiger partial charge in [-0.1, -0.05) is 6.92 Å². The van der Waals surface area contributed by atoms with Gasteiger partial charge in [0.15, 0.2) is 5.82 Å². The van der Waals surface area contributed by atoms with E-state index in [1.54, 1.807) is 0 Å². The monoisotopic (exact) mass is 239 g/mol. The van der Waals surface area contributed by atoms with Gasteiger partial charge in [-0.3, -0.25) is 0 Å². The molecular formula is C11H17N3OS. The van der Waals surface area contributed by atoms with Crippen molar-refractivity contribution in [2.24, 2.45) is 0 Å². The highest BCUT2D eigenvalue weighted by Gasteiger charge is 2.20. The minimum atomic E-state index is 0.0531. The van der Waals surface area contributed by atoms with E-state index in [9.17, 15) is 0 Å². The zero-order chi connectivity index (χ0) is 11.4. The lowest BCUT2D eigenvalue weighted by Gasteiger charge is -2.21. The summed E-state index contributed by atoms with van der Waals surface area (Å²) in [7, 11) is 1.88. The van der Waals surface area contributed by atoms with Gasteiger partial charge in [0.25, 0.3) is 0 Å². The van der Waals surface area contributed by atoms with Gasteiger partial charge in [0.1, 0.15) is 11.9 Å². The molecule has 1 N–H and O–H groups in total. The van der Waals surface area contributed by atoms with E-state index < -0.39 is 0 Å². The van der Waals surface area contributed by atoms with Crippen LogP contribution in [0.15, 0.2) is 6.07 Å². The fourth-order valence-corrected chi connectivity index (χ4v) is 2.45. The molecule has 0 saturated carbocycles. The predicted octanol–water partition coefficient (Wildman–Crippen LogP) is 1.89. The SMILES string of the molecule is CCc1cc(NC)nc(C2CSCCO2)n1. The van der Waals surface area contributed by atoms with Crippen LogP contribution in [0.3, 0.4) is 0 Å². The van der Waals surface area contributed by atoms with Crippen LogP contribution < -0.4 is 5.32 Å². The Balaban J connectivity index is 2.24. The lowest BCUT2D eigenvalue weighted by molar-refractivity contribution is 0.0694. The molecular weight excluding hydrogens is 222 g/mol. The first-order valence-electron chi connectivity index (χ1n) is 5.58. The van der Waals surface area contributed by atoms with Crippen molar-refractivity contribution in [3.05, 3.63) is 17.6 Å². The van der Waals surface area contributed by atoms with Crippen LogP contribution in [0.2, 0.25) is 0 Å². The molecule has 4 nitrogen and oxygen atoms in total. The topological polar surface area (TPSA) is 47.0 Å². The van der Waals surface area contributed by atoms with Gasteiger partial charge in [0.2, 0.25) is 0 Å². The smallest absolute Gasteiger partial charge is 0.160 e. The Morgan fingerprint density at radius 3 is 3.06 bits per heavy atom. The number of hydrogen-bond donors (Lipinski definition) is 1. The first-order valence-corrected chi connectivity index (χ1v) is 6.74. The maximum Gasteiger partial charge on any atom is 0.160 e. The molecule has 0 radical (unpaired) electrons. The molecule has 1 saturated heterocycles. The summed E-state index contributed by atoms with van der Waals surface area (Å²) < 4.78 is 5.69. The second-order valence-corrected chi connectivity index (χ2v) is 4.79. The third kappa shape index (κ3) is 2.65. The molecule has 0 amide bonds. The van der Waals surface area contributed by atoms with Crippen LogP contribution in [0.25, 0.3) is 0 Å². The number of anilines is 1. The summed E-state index contributed by atoms with van der Waals surface area (Å²) in [4.78, 5) is 9.00. The summed E-state index contributed by atoms with van der Waals surface area (Å²) >= 11 is 1.90. The molecule has 0 bridgehead atoms. The average molecular weight is 239 g/mol.